The van der Waals surface area contributed by atoms with Crippen LogP contribution in [0.1, 0.15) is 28.4 Å². The summed E-state index contributed by atoms with van der Waals surface area (Å²) in [5.41, 5.74) is 2.33. The van der Waals surface area contributed by atoms with Crippen LogP contribution in [0.5, 0.6) is 5.75 Å². The van der Waals surface area contributed by atoms with E-state index < -0.39 is 11.9 Å². The van der Waals surface area contributed by atoms with Crippen LogP contribution < -0.4 is 10.1 Å². The second-order valence-corrected chi connectivity index (χ2v) is 8.56. The number of hydrogen-bond donors (Lipinski definition) is 1. The number of carbonyl (C=O) groups is 2. The van der Waals surface area contributed by atoms with Crippen molar-refractivity contribution >= 4 is 57.8 Å². The molecule has 0 heterocycles. The number of esters is 1. The molecule has 0 saturated carbocycles. The minimum atomic E-state index is -0.555. The smallest absolute Gasteiger partial charge is 0.338 e. The highest BCUT2D eigenvalue weighted by Gasteiger charge is 2.12. The molecule has 1 N–H and O–H groups in total. The molecular weight excluding hydrogens is 567 g/mol. The molecule has 1 amide bonds. The second kappa shape index (κ2) is 12.2. The van der Waals surface area contributed by atoms with Gasteiger partial charge in [0, 0.05) is 16.3 Å². The highest BCUT2D eigenvalue weighted by Crippen LogP contribution is 2.25. The molecule has 6 nitrogen and oxygen atoms in total. The van der Waals surface area contributed by atoms with E-state index in [1.165, 1.54) is 6.08 Å². The molecule has 0 aromatic heterocycles. The summed E-state index contributed by atoms with van der Waals surface area (Å²) < 4.78 is 11.6. The molecule has 34 heavy (non-hydrogen) atoms. The predicted molar refractivity (Wildman–Crippen MR) is 140 cm³/mol. The summed E-state index contributed by atoms with van der Waals surface area (Å²) in [6.07, 6.45) is 1.50. The third-order valence-corrected chi connectivity index (χ3v) is 5.84. The third kappa shape index (κ3) is 6.83. The number of anilines is 1. The van der Waals surface area contributed by atoms with Crippen LogP contribution in [0.3, 0.4) is 0 Å². The van der Waals surface area contributed by atoms with E-state index in [2.05, 4.69) is 27.9 Å². The van der Waals surface area contributed by atoms with E-state index >= 15 is 0 Å². The van der Waals surface area contributed by atoms with E-state index in [1.54, 1.807) is 43.3 Å². The number of halogens is 2. The Morgan fingerprint density at radius 2 is 1.85 bits per heavy atom. The number of hydrogen-bond acceptors (Lipinski definition) is 5. The molecule has 3 aromatic carbocycles. The van der Waals surface area contributed by atoms with Crippen molar-refractivity contribution in [2.45, 2.75) is 13.5 Å². The van der Waals surface area contributed by atoms with Crippen LogP contribution in [0.25, 0.3) is 6.08 Å². The van der Waals surface area contributed by atoms with Crippen LogP contribution in [-0.2, 0) is 16.1 Å². The minimum absolute atomic E-state index is 0.0602. The van der Waals surface area contributed by atoms with Gasteiger partial charge in [0.25, 0.3) is 5.91 Å². The van der Waals surface area contributed by atoms with Crippen molar-refractivity contribution in [3.8, 4) is 11.8 Å². The lowest BCUT2D eigenvalue weighted by Crippen LogP contribution is -2.13. The summed E-state index contributed by atoms with van der Waals surface area (Å²) in [4.78, 5) is 24.3. The maximum atomic E-state index is 12.6. The van der Waals surface area contributed by atoms with Gasteiger partial charge in [-0.2, -0.15) is 5.26 Å². The van der Waals surface area contributed by atoms with Crippen molar-refractivity contribution < 1.29 is 19.1 Å². The van der Waals surface area contributed by atoms with Crippen molar-refractivity contribution in [2.75, 3.05) is 11.9 Å². The fourth-order valence-electron chi connectivity index (χ4n) is 2.91. The zero-order valence-electron chi connectivity index (χ0n) is 18.2. The predicted octanol–water partition coefficient (Wildman–Crippen LogP) is 6.25. The number of nitrogens with one attached hydrogen (secondary N) is 1. The van der Waals surface area contributed by atoms with E-state index in [4.69, 9.17) is 21.1 Å². The molecule has 8 heteroatoms. The first-order chi connectivity index (χ1) is 16.4. The van der Waals surface area contributed by atoms with Gasteiger partial charge >= 0.3 is 5.97 Å². The number of carbonyl (C=O) groups excluding carboxylic acids is 2. The molecule has 0 aliphatic carbocycles. The second-order valence-electron chi connectivity index (χ2n) is 6.99. The molecule has 172 valence electrons. The average Bonchev–Trinajstić information content (AvgIpc) is 2.83. The van der Waals surface area contributed by atoms with Gasteiger partial charge in [-0.25, -0.2) is 4.79 Å². The monoisotopic (exact) mass is 586 g/mol. The van der Waals surface area contributed by atoms with Gasteiger partial charge in [-0.1, -0.05) is 35.9 Å². The summed E-state index contributed by atoms with van der Waals surface area (Å²) in [5.74, 6) is -0.324. The van der Waals surface area contributed by atoms with Crippen LogP contribution >= 0.6 is 34.2 Å². The lowest BCUT2D eigenvalue weighted by molar-refractivity contribution is -0.112. The highest BCUT2D eigenvalue weighted by atomic mass is 127. The maximum Gasteiger partial charge on any atom is 0.338 e. The van der Waals surface area contributed by atoms with Gasteiger partial charge < -0.3 is 14.8 Å². The third-order valence-electron chi connectivity index (χ3n) is 4.63. The SMILES string of the molecule is CCOC(=O)c1ccc(NC(=O)/C(C#N)=C/c2ccc(OCc3ccccc3Cl)c(I)c2)cc1. The van der Waals surface area contributed by atoms with Gasteiger partial charge in [0.05, 0.1) is 15.7 Å². The molecule has 0 unspecified atom stereocenters. The Balaban J connectivity index is 1.67. The molecule has 0 saturated heterocycles. The standard InChI is InChI=1S/C26H20ClIN2O4/c1-2-33-26(32)18-8-10-21(11-9-18)30-25(31)20(15-29)13-17-7-12-24(23(28)14-17)34-16-19-5-3-4-6-22(19)27/h3-14H,2,16H2,1H3,(H,30,31)/b20-13+. The van der Waals surface area contributed by atoms with Crippen LogP contribution in [0, 0.1) is 14.9 Å². The number of ether oxygens (including phenoxy) is 2. The Morgan fingerprint density at radius 1 is 1.12 bits per heavy atom. The van der Waals surface area contributed by atoms with Crippen molar-refractivity contribution in [3.05, 3.63) is 97.6 Å². The zero-order valence-corrected chi connectivity index (χ0v) is 21.1. The largest absolute Gasteiger partial charge is 0.488 e. The highest BCUT2D eigenvalue weighted by molar-refractivity contribution is 14.1. The number of rotatable bonds is 8. The zero-order chi connectivity index (χ0) is 24.5. The van der Waals surface area contributed by atoms with Gasteiger partial charge in [0.2, 0.25) is 0 Å². The topological polar surface area (TPSA) is 88.4 Å². The molecule has 3 aromatic rings. The van der Waals surface area contributed by atoms with Gasteiger partial charge in [-0.3, -0.25) is 4.79 Å². The lowest BCUT2D eigenvalue weighted by Gasteiger charge is -2.10. The van der Waals surface area contributed by atoms with Crippen molar-refractivity contribution in [1.29, 1.82) is 5.26 Å². The summed E-state index contributed by atoms with van der Waals surface area (Å²) >= 11 is 8.31. The molecule has 0 radical (unpaired) electrons. The van der Waals surface area contributed by atoms with E-state index in [1.807, 2.05) is 36.4 Å². The van der Waals surface area contributed by atoms with E-state index in [9.17, 15) is 14.9 Å². The molecule has 0 aliphatic rings. The first-order valence-corrected chi connectivity index (χ1v) is 11.7. The Morgan fingerprint density at radius 3 is 2.50 bits per heavy atom. The van der Waals surface area contributed by atoms with Gasteiger partial charge in [-0.05, 0) is 83.6 Å². The summed E-state index contributed by atoms with van der Waals surface area (Å²) in [7, 11) is 0. The van der Waals surface area contributed by atoms with Gasteiger partial charge in [0.15, 0.2) is 0 Å². The summed E-state index contributed by atoms with van der Waals surface area (Å²) in [6.45, 7) is 2.33. The van der Waals surface area contributed by atoms with Gasteiger partial charge in [-0.15, -0.1) is 0 Å². The van der Waals surface area contributed by atoms with Crippen molar-refractivity contribution in [3.63, 3.8) is 0 Å². The number of amides is 1. The molecule has 0 atom stereocenters. The van der Waals surface area contributed by atoms with Gasteiger partial charge in [0.1, 0.15) is 24.0 Å². The lowest BCUT2D eigenvalue weighted by atomic mass is 10.1. The van der Waals surface area contributed by atoms with Crippen LogP contribution in [0.4, 0.5) is 5.69 Å². The van der Waals surface area contributed by atoms with Crippen molar-refractivity contribution in [2.24, 2.45) is 0 Å². The first-order valence-electron chi connectivity index (χ1n) is 10.3. The normalized spacial score (nSPS) is 10.8. The molecular formula is C26H20ClIN2O4. The summed E-state index contributed by atoms with van der Waals surface area (Å²) in [5, 5.41) is 12.8. The molecule has 0 fully saturated rings. The Hall–Kier alpha value is -3.35. The first kappa shape index (κ1) is 25.3. The fraction of sp³-hybridized carbons (Fsp3) is 0.115. The Bertz CT molecular complexity index is 1270. The van der Waals surface area contributed by atoms with E-state index in [-0.39, 0.29) is 12.2 Å². The van der Waals surface area contributed by atoms with Crippen LogP contribution in [0.15, 0.2) is 72.3 Å². The number of benzene rings is 3. The average molecular weight is 587 g/mol. The van der Waals surface area contributed by atoms with E-state index in [0.29, 0.717) is 34.2 Å². The fourth-order valence-corrected chi connectivity index (χ4v) is 3.80. The quantitative estimate of drug-likeness (QED) is 0.146. The summed E-state index contributed by atoms with van der Waals surface area (Å²) in [6, 6.07) is 21.0. The maximum absolute atomic E-state index is 12.6. The molecule has 3 rings (SSSR count). The van der Waals surface area contributed by atoms with Crippen LogP contribution in [0.2, 0.25) is 5.02 Å². The number of nitrogens with zero attached hydrogens (tertiary/aromatic N) is 1. The Labute approximate surface area is 216 Å². The minimum Gasteiger partial charge on any atom is -0.488 e. The van der Waals surface area contributed by atoms with E-state index in [0.717, 1.165) is 9.13 Å². The molecule has 0 spiro atoms. The van der Waals surface area contributed by atoms with Crippen molar-refractivity contribution in [1.82, 2.24) is 0 Å². The van der Waals surface area contributed by atoms with Crippen LogP contribution in [-0.4, -0.2) is 18.5 Å². The number of nitriles is 1. The Kier molecular flexibility index (Phi) is 9.08. The molecule has 0 bridgehead atoms. The molecule has 0 aliphatic heterocycles.